The summed E-state index contributed by atoms with van der Waals surface area (Å²) in [6.07, 6.45) is 1.39. The normalized spacial score (nSPS) is 10.9. The fourth-order valence-corrected chi connectivity index (χ4v) is 2.43. The van der Waals surface area contributed by atoms with Gasteiger partial charge in [-0.05, 0) is 36.2 Å². The number of nitro groups is 1. The summed E-state index contributed by atoms with van der Waals surface area (Å²) >= 11 is 0. The molecule has 0 aliphatic carbocycles. The molecule has 0 saturated heterocycles. The van der Waals surface area contributed by atoms with E-state index in [1.807, 2.05) is 31.2 Å². The zero-order valence-electron chi connectivity index (χ0n) is 14.5. The number of carbonyl (C=O) groups is 1. The van der Waals surface area contributed by atoms with E-state index in [1.165, 1.54) is 30.5 Å². The van der Waals surface area contributed by atoms with Gasteiger partial charge in [0, 0.05) is 23.6 Å². The molecule has 0 aliphatic rings. The van der Waals surface area contributed by atoms with Crippen LogP contribution in [-0.2, 0) is 4.79 Å². The third kappa shape index (κ3) is 4.63. The molecule has 27 heavy (non-hydrogen) atoms. The lowest BCUT2D eigenvalue weighted by molar-refractivity contribution is -0.384. The molecule has 0 radical (unpaired) electrons. The van der Waals surface area contributed by atoms with E-state index in [2.05, 4.69) is 15.5 Å². The first-order valence-corrected chi connectivity index (χ1v) is 8.08. The van der Waals surface area contributed by atoms with Gasteiger partial charge in [0.25, 0.3) is 11.6 Å². The van der Waals surface area contributed by atoms with Crippen LogP contribution >= 0.6 is 0 Å². The molecule has 0 bridgehead atoms. The summed E-state index contributed by atoms with van der Waals surface area (Å²) in [4.78, 5) is 26.3. The van der Waals surface area contributed by atoms with Crippen LogP contribution in [-0.4, -0.2) is 28.6 Å². The number of para-hydroxylation sites is 1. The van der Waals surface area contributed by atoms with Crippen molar-refractivity contribution in [2.24, 2.45) is 5.10 Å². The van der Waals surface area contributed by atoms with E-state index in [4.69, 9.17) is 4.74 Å². The van der Waals surface area contributed by atoms with Crippen LogP contribution in [0.2, 0.25) is 0 Å². The van der Waals surface area contributed by atoms with E-state index < -0.39 is 10.8 Å². The van der Waals surface area contributed by atoms with Crippen molar-refractivity contribution in [1.29, 1.82) is 0 Å². The molecular weight excluding hydrogens is 348 g/mol. The van der Waals surface area contributed by atoms with Gasteiger partial charge in [0.2, 0.25) is 5.88 Å². The zero-order chi connectivity index (χ0) is 19.2. The molecule has 1 N–H and O–H groups in total. The lowest BCUT2D eigenvalue weighted by atomic mass is 10.1. The van der Waals surface area contributed by atoms with Crippen molar-refractivity contribution in [3.05, 3.63) is 75.8 Å². The molecule has 0 saturated carbocycles. The number of carbonyl (C=O) groups excluding carboxylic acids is 1. The van der Waals surface area contributed by atoms with Crippen LogP contribution in [0.5, 0.6) is 5.88 Å². The number of ether oxygens (including phenoxy) is 1. The van der Waals surface area contributed by atoms with Crippen LogP contribution in [0.15, 0.2) is 59.7 Å². The number of aryl methyl sites for hydroxylation is 1. The Kier molecular flexibility index (Phi) is 5.36. The minimum absolute atomic E-state index is 0.0113. The van der Waals surface area contributed by atoms with Gasteiger partial charge in [0.15, 0.2) is 6.61 Å². The molecule has 3 rings (SSSR count). The van der Waals surface area contributed by atoms with Gasteiger partial charge in [-0.1, -0.05) is 18.2 Å². The summed E-state index contributed by atoms with van der Waals surface area (Å²) in [5.41, 5.74) is 4.74. The average molecular weight is 364 g/mol. The Morgan fingerprint density at radius 3 is 2.74 bits per heavy atom. The van der Waals surface area contributed by atoms with Crippen molar-refractivity contribution in [3.63, 3.8) is 0 Å². The van der Waals surface area contributed by atoms with Crippen molar-refractivity contribution < 1.29 is 14.5 Å². The van der Waals surface area contributed by atoms with Gasteiger partial charge in [-0.15, -0.1) is 0 Å². The molecule has 136 valence electrons. The zero-order valence-corrected chi connectivity index (χ0v) is 14.5. The lowest BCUT2D eigenvalue weighted by Crippen LogP contribution is -2.24. The third-order valence-electron chi connectivity index (χ3n) is 3.76. The molecule has 0 aliphatic heterocycles. The number of nitro benzene ring substituents is 1. The number of benzene rings is 2. The van der Waals surface area contributed by atoms with E-state index in [-0.39, 0.29) is 12.3 Å². The SMILES string of the molecule is Cc1cc(OCC(=O)N/N=C/c2ccc([N+](=O)[O-])cc2)nc2ccccc12. The largest absolute Gasteiger partial charge is 0.467 e. The fourth-order valence-electron chi connectivity index (χ4n) is 2.43. The van der Waals surface area contributed by atoms with Crippen LogP contribution in [0.1, 0.15) is 11.1 Å². The summed E-state index contributed by atoms with van der Waals surface area (Å²) in [6, 6.07) is 15.2. The lowest BCUT2D eigenvalue weighted by Gasteiger charge is -2.07. The fraction of sp³-hybridized carbons (Fsp3) is 0.105. The van der Waals surface area contributed by atoms with E-state index in [1.54, 1.807) is 6.07 Å². The van der Waals surface area contributed by atoms with Gasteiger partial charge in [0.05, 0.1) is 16.7 Å². The Morgan fingerprint density at radius 2 is 2.00 bits per heavy atom. The maximum atomic E-state index is 11.8. The highest BCUT2D eigenvalue weighted by molar-refractivity contribution is 5.84. The first kappa shape index (κ1) is 18.0. The van der Waals surface area contributed by atoms with Gasteiger partial charge >= 0.3 is 0 Å². The Morgan fingerprint density at radius 1 is 1.26 bits per heavy atom. The van der Waals surface area contributed by atoms with Gasteiger partial charge in [-0.2, -0.15) is 5.10 Å². The highest BCUT2D eigenvalue weighted by Crippen LogP contribution is 2.20. The monoisotopic (exact) mass is 364 g/mol. The number of fused-ring (bicyclic) bond motifs is 1. The number of hydrogen-bond acceptors (Lipinski definition) is 6. The molecule has 0 fully saturated rings. The van der Waals surface area contributed by atoms with E-state index in [0.29, 0.717) is 11.4 Å². The molecule has 0 unspecified atom stereocenters. The van der Waals surface area contributed by atoms with Crippen LogP contribution in [0.3, 0.4) is 0 Å². The van der Waals surface area contributed by atoms with Gasteiger partial charge < -0.3 is 4.74 Å². The Bertz CT molecular complexity index is 1020. The van der Waals surface area contributed by atoms with Crippen LogP contribution in [0.4, 0.5) is 5.69 Å². The summed E-state index contributed by atoms with van der Waals surface area (Å²) in [5.74, 6) is -0.0820. The number of rotatable bonds is 6. The number of hydrazone groups is 1. The highest BCUT2D eigenvalue weighted by Gasteiger charge is 2.06. The molecule has 1 aromatic heterocycles. The van der Waals surface area contributed by atoms with E-state index in [0.717, 1.165) is 16.5 Å². The van der Waals surface area contributed by atoms with Crippen LogP contribution in [0.25, 0.3) is 10.9 Å². The first-order valence-electron chi connectivity index (χ1n) is 8.08. The smallest absolute Gasteiger partial charge is 0.278 e. The van der Waals surface area contributed by atoms with E-state index >= 15 is 0 Å². The topological polar surface area (TPSA) is 107 Å². The van der Waals surface area contributed by atoms with Gasteiger partial charge in [0.1, 0.15) is 0 Å². The van der Waals surface area contributed by atoms with Crippen molar-refractivity contribution in [1.82, 2.24) is 10.4 Å². The highest BCUT2D eigenvalue weighted by atomic mass is 16.6. The maximum Gasteiger partial charge on any atom is 0.278 e. The second-order valence-corrected chi connectivity index (χ2v) is 5.73. The minimum Gasteiger partial charge on any atom is -0.467 e. The predicted molar refractivity (Wildman–Crippen MR) is 101 cm³/mol. The number of nitrogens with zero attached hydrogens (tertiary/aromatic N) is 3. The number of non-ortho nitro benzene ring substituents is 1. The standard InChI is InChI=1S/C19H16N4O4/c1-13-10-19(21-17-5-3-2-4-16(13)17)27-12-18(24)22-20-11-14-6-8-15(9-7-14)23(25)26/h2-11H,12H2,1H3,(H,22,24)/b20-11+. The number of hydrogen-bond donors (Lipinski definition) is 1. The average Bonchev–Trinajstić information content (AvgIpc) is 2.67. The molecule has 1 amide bonds. The van der Waals surface area contributed by atoms with Crippen molar-refractivity contribution in [3.8, 4) is 5.88 Å². The second kappa shape index (κ2) is 8.05. The minimum atomic E-state index is -0.484. The molecule has 2 aromatic carbocycles. The van der Waals surface area contributed by atoms with Crippen molar-refractivity contribution >= 4 is 28.7 Å². The summed E-state index contributed by atoms with van der Waals surface area (Å²) in [5, 5.41) is 15.4. The molecule has 3 aromatic rings. The number of nitrogens with one attached hydrogen (secondary N) is 1. The maximum absolute atomic E-state index is 11.8. The summed E-state index contributed by atoms with van der Waals surface area (Å²) in [6.45, 7) is 1.72. The molecule has 0 atom stereocenters. The summed E-state index contributed by atoms with van der Waals surface area (Å²) in [7, 11) is 0. The third-order valence-corrected chi connectivity index (χ3v) is 3.76. The molecule has 0 spiro atoms. The van der Waals surface area contributed by atoms with Crippen LogP contribution < -0.4 is 10.2 Å². The predicted octanol–water partition coefficient (Wildman–Crippen LogP) is 2.98. The Balaban J connectivity index is 1.54. The Hall–Kier alpha value is -3.81. The molecular formula is C19H16N4O4. The number of amides is 1. The number of pyridine rings is 1. The van der Waals surface area contributed by atoms with Crippen LogP contribution in [0, 0.1) is 17.0 Å². The molecule has 8 heteroatoms. The van der Waals surface area contributed by atoms with Gasteiger partial charge in [-0.25, -0.2) is 10.4 Å². The second-order valence-electron chi connectivity index (χ2n) is 5.73. The van der Waals surface area contributed by atoms with Gasteiger partial charge in [-0.3, -0.25) is 14.9 Å². The number of aromatic nitrogens is 1. The van der Waals surface area contributed by atoms with Crippen molar-refractivity contribution in [2.75, 3.05) is 6.61 Å². The first-order chi connectivity index (χ1) is 13.0. The Labute approximate surface area is 154 Å². The molecule has 8 nitrogen and oxygen atoms in total. The van der Waals surface area contributed by atoms with E-state index in [9.17, 15) is 14.9 Å². The van der Waals surface area contributed by atoms with Crippen molar-refractivity contribution in [2.45, 2.75) is 6.92 Å². The quantitative estimate of drug-likeness (QED) is 0.411. The molecule has 1 heterocycles. The summed E-state index contributed by atoms with van der Waals surface area (Å²) < 4.78 is 5.43.